The molecule has 1 amide bonds. The van der Waals surface area contributed by atoms with Crippen LogP contribution in [0.3, 0.4) is 0 Å². The number of rotatable bonds is 3. The van der Waals surface area contributed by atoms with Gasteiger partial charge in [-0.05, 0) is 12.8 Å². The molecule has 0 spiro atoms. The summed E-state index contributed by atoms with van der Waals surface area (Å²) in [5.41, 5.74) is 0.239. The van der Waals surface area contributed by atoms with E-state index in [2.05, 4.69) is 15.2 Å². The van der Waals surface area contributed by atoms with Crippen molar-refractivity contribution < 1.29 is 9.21 Å². The van der Waals surface area contributed by atoms with Gasteiger partial charge >= 0.3 is 0 Å². The van der Waals surface area contributed by atoms with Crippen LogP contribution in [0.15, 0.2) is 29.4 Å². The molecule has 6 heteroatoms. The molecule has 88 valence electrons. The van der Waals surface area contributed by atoms with Crippen molar-refractivity contribution >= 4 is 11.6 Å². The molecule has 0 saturated heterocycles. The highest BCUT2D eigenvalue weighted by molar-refractivity contribution is 6.02. The third kappa shape index (κ3) is 1.44. The summed E-state index contributed by atoms with van der Waals surface area (Å²) in [5, 5.41) is 6.53. The van der Waals surface area contributed by atoms with Crippen LogP contribution in [-0.2, 0) is 10.2 Å². The third-order valence-electron chi connectivity index (χ3n) is 3.24. The van der Waals surface area contributed by atoms with Gasteiger partial charge in [-0.1, -0.05) is 0 Å². The number of likely N-dealkylation sites (N-methyl/N-ethyl adjacent to an activating group) is 1. The number of oxazole rings is 1. The molecule has 1 aliphatic rings. The van der Waals surface area contributed by atoms with Crippen LogP contribution in [0.25, 0.3) is 0 Å². The van der Waals surface area contributed by atoms with Gasteiger partial charge in [0.25, 0.3) is 0 Å². The van der Waals surface area contributed by atoms with Crippen molar-refractivity contribution in [2.75, 3.05) is 11.9 Å². The summed E-state index contributed by atoms with van der Waals surface area (Å²) in [6.45, 7) is 0. The highest BCUT2D eigenvalue weighted by Gasteiger charge is 2.55. The van der Waals surface area contributed by atoms with E-state index in [9.17, 15) is 4.79 Å². The molecule has 0 unspecified atom stereocenters. The smallest absolute Gasteiger partial charge is 0.240 e. The standard InChI is InChI=1S/C11H12N4O2/c1-15(8-4-13-14-5-8)10(16)11(2-3-11)9-6-12-7-17-9/h4-7H,2-3H2,1H3,(H,13,14). The van der Waals surface area contributed by atoms with E-state index in [0.717, 1.165) is 18.5 Å². The minimum absolute atomic E-state index is 0.0238. The lowest BCUT2D eigenvalue weighted by Gasteiger charge is -2.20. The zero-order valence-corrected chi connectivity index (χ0v) is 9.38. The number of nitrogens with zero attached hydrogens (tertiary/aromatic N) is 3. The number of anilines is 1. The maximum atomic E-state index is 12.4. The SMILES string of the molecule is CN(C(=O)C1(c2cnco2)CC1)c1cn[nH]c1. The Balaban J connectivity index is 1.88. The maximum Gasteiger partial charge on any atom is 0.240 e. The van der Waals surface area contributed by atoms with Crippen LogP contribution < -0.4 is 4.90 Å². The molecule has 17 heavy (non-hydrogen) atoms. The van der Waals surface area contributed by atoms with E-state index in [-0.39, 0.29) is 5.91 Å². The van der Waals surface area contributed by atoms with Crippen molar-refractivity contribution in [3.63, 3.8) is 0 Å². The van der Waals surface area contributed by atoms with Crippen molar-refractivity contribution in [3.8, 4) is 0 Å². The Morgan fingerprint density at radius 3 is 2.88 bits per heavy atom. The number of hydrogen-bond donors (Lipinski definition) is 1. The summed E-state index contributed by atoms with van der Waals surface area (Å²) in [5.74, 6) is 0.675. The van der Waals surface area contributed by atoms with Gasteiger partial charge in [-0.25, -0.2) is 4.98 Å². The number of hydrogen-bond acceptors (Lipinski definition) is 4. The summed E-state index contributed by atoms with van der Waals surface area (Å²) in [4.78, 5) is 17.9. The molecule has 1 fully saturated rings. The Kier molecular flexibility index (Phi) is 2.04. The number of aromatic amines is 1. The Bertz CT molecular complexity index is 514. The largest absolute Gasteiger partial charge is 0.447 e. The molecule has 2 aromatic heterocycles. The lowest BCUT2D eigenvalue weighted by Crippen LogP contribution is -2.36. The van der Waals surface area contributed by atoms with Gasteiger partial charge < -0.3 is 9.32 Å². The van der Waals surface area contributed by atoms with Gasteiger partial charge in [-0.2, -0.15) is 5.10 Å². The first-order valence-electron chi connectivity index (χ1n) is 5.40. The normalized spacial score (nSPS) is 16.8. The summed E-state index contributed by atoms with van der Waals surface area (Å²) >= 11 is 0. The third-order valence-corrected chi connectivity index (χ3v) is 3.24. The predicted octanol–water partition coefficient (Wildman–Crippen LogP) is 1.09. The van der Waals surface area contributed by atoms with Crippen LogP contribution in [0.4, 0.5) is 5.69 Å². The van der Waals surface area contributed by atoms with Crippen molar-refractivity contribution in [3.05, 3.63) is 30.7 Å². The van der Waals surface area contributed by atoms with Gasteiger partial charge in [0.15, 0.2) is 6.39 Å². The molecule has 0 atom stereocenters. The molecule has 0 radical (unpaired) electrons. The van der Waals surface area contributed by atoms with Gasteiger partial charge in [0.05, 0.1) is 18.1 Å². The van der Waals surface area contributed by atoms with Crippen molar-refractivity contribution in [1.29, 1.82) is 0 Å². The zero-order valence-electron chi connectivity index (χ0n) is 9.38. The van der Waals surface area contributed by atoms with Crippen molar-refractivity contribution in [2.24, 2.45) is 0 Å². The van der Waals surface area contributed by atoms with Crippen LogP contribution in [0.5, 0.6) is 0 Å². The first-order valence-corrected chi connectivity index (χ1v) is 5.40. The van der Waals surface area contributed by atoms with Crippen LogP contribution in [-0.4, -0.2) is 28.1 Å². The van der Waals surface area contributed by atoms with E-state index in [1.165, 1.54) is 6.39 Å². The highest BCUT2D eigenvalue weighted by Crippen LogP contribution is 2.49. The first kappa shape index (κ1) is 10.1. The minimum atomic E-state index is -0.511. The second-order valence-electron chi connectivity index (χ2n) is 4.27. The molecule has 2 heterocycles. The van der Waals surface area contributed by atoms with E-state index >= 15 is 0 Å². The Morgan fingerprint density at radius 2 is 2.35 bits per heavy atom. The molecular formula is C11H12N4O2. The summed E-state index contributed by atoms with van der Waals surface area (Å²) in [7, 11) is 1.74. The molecule has 3 rings (SSSR count). The zero-order chi connectivity index (χ0) is 11.9. The molecule has 0 aliphatic heterocycles. The fourth-order valence-electron chi connectivity index (χ4n) is 2.01. The number of aromatic nitrogens is 3. The van der Waals surface area contributed by atoms with Gasteiger partial charge in [0.2, 0.25) is 5.91 Å². The van der Waals surface area contributed by atoms with E-state index in [0.29, 0.717) is 5.76 Å². The number of carbonyl (C=O) groups excluding carboxylic acids is 1. The van der Waals surface area contributed by atoms with Gasteiger partial charge in [0, 0.05) is 13.2 Å². The van der Waals surface area contributed by atoms with Crippen LogP contribution in [0.1, 0.15) is 18.6 Å². The lowest BCUT2D eigenvalue weighted by atomic mass is 10.0. The Labute approximate surface area is 97.6 Å². The van der Waals surface area contributed by atoms with E-state index < -0.39 is 5.41 Å². The average Bonchev–Trinajstić information content (AvgIpc) is 2.84. The van der Waals surface area contributed by atoms with Crippen LogP contribution in [0, 0.1) is 0 Å². The quantitative estimate of drug-likeness (QED) is 0.859. The monoisotopic (exact) mass is 232 g/mol. The number of carbonyl (C=O) groups is 1. The molecule has 0 bridgehead atoms. The van der Waals surface area contributed by atoms with Gasteiger partial charge in [0.1, 0.15) is 11.2 Å². The second kappa shape index (κ2) is 3.44. The van der Waals surface area contributed by atoms with E-state index in [4.69, 9.17) is 4.42 Å². The van der Waals surface area contributed by atoms with Gasteiger partial charge in [-0.3, -0.25) is 9.89 Å². The number of nitrogens with one attached hydrogen (secondary N) is 1. The van der Waals surface area contributed by atoms with E-state index in [1.54, 1.807) is 30.5 Å². The topological polar surface area (TPSA) is 75.0 Å². The maximum absolute atomic E-state index is 12.4. The van der Waals surface area contributed by atoms with Crippen molar-refractivity contribution in [1.82, 2.24) is 15.2 Å². The first-order chi connectivity index (χ1) is 8.24. The molecule has 6 nitrogen and oxygen atoms in total. The predicted molar refractivity (Wildman–Crippen MR) is 59.4 cm³/mol. The Morgan fingerprint density at radius 1 is 1.53 bits per heavy atom. The molecule has 0 aromatic carbocycles. The molecule has 1 aliphatic carbocycles. The molecule has 1 N–H and O–H groups in total. The van der Waals surface area contributed by atoms with Crippen LogP contribution in [0.2, 0.25) is 0 Å². The van der Waals surface area contributed by atoms with E-state index in [1.807, 2.05) is 0 Å². The second-order valence-corrected chi connectivity index (χ2v) is 4.27. The van der Waals surface area contributed by atoms with Crippen molar-refractivity contribution in [2.45, 2.75) is 18.3 Å². The Hall–Kier alpha value is -2.11. The lowest BCUT2D eigenvalue weighted by molar-refractivity contribution is -0.121. The fourth-order valence-corrected chi connectivity index (χ4v) is 2.01. The fraction of sp³-hybridized carbons (Fsp3) is 0.364. The average molecular weight is 232 g/mol. The summed E-state index contributed by atoms with van der Waals surface area (Å²) in [6, 6.07) is 0. The molecule has 1 saturated carbocycles. The number of H-pyrrole nitrogens is 1. The van der Waals surface area contributed by atoms with Crippen LogP contribution >= 0.6 is 0 Å². The van der Waals surface area contributed by atoms with Gasteiger partial charge in [-0.15, -0.1) is 0 Å². The summed E-state index contributed by atoms with van der Waals surface area (Å²) < 4.78 is 5.27. The number of amides is 1. The molecule has 2 aromatic rings. The summed E-state index contributed by atoms with van der Waals surface area (Å²) in [6.07, 6.45) is 7.91. The highest BCUT2D eigenvalue weighted by atomic mass is 16.3. The molecular weight excluding hydrogens is 220 g/mol. The minimum Gasteiger partial charge on any atom is -0.447 e.